The number of fused-ring (bicyclic) bond motifs is 4. The predicted octanol–water partition coefficient (Wildman–Crippen LogP) is 13.1. The molecule has 2 aliphatic carbocycles. The average molecular weight is 1290 g/mol. The van der Waals surface area contributed by atoms with E-state index in [0.29, 0.717) is 74.8 Å². The van der Waals surface area contributed by atoms with Crippen molar-refractivity contribution in [1.82, 2.24) is 53.9 Å². The second-order valence-corrected chi connectivity index (χ2v) is 36.9. The van der Waals surface area contributed by atoms with Crippen molar-refractivity contribution in [1.29, 1.82) is 0 Å². The number of aromatic carboxylic acids is 1. The number of nitrogens with two attached hydrogens (primary N) is 1. The number of carbonyl (C=O) groups excluding carboxylic acids is 1. The van der Waals surface area contributed by atoms with Crippen LogP contribution in [0.25, 0.3) is 66.9 Å². The highest BCUT2D eigenvalue weighted by atomic mass is 79.9. The first-order valence-electron chi connectivity index (χ1n) is 27.4. The number of aryl methyl sites for hydroxylation is 2. The van der Waals surface area contributed by atoms with Crippen LogP contribution < -0.4 is 11.1 Å². The van der Waals surface area contributed by atoms with Crippen molar-refractivity contribution in [3.8, 4) is 22.8 Å². The lowest BCUT2D eigenvalue weighted by atomic mass is 10.0. The van der Waals surface area contributed by atoms with E-state index in [2.05, 4.69) is 109 Å². The van der Waals surface area contributed by atoms with Gasteiger partial charge in [0.1, 0.15) is 64.5 Å². The van der Waals surface area contributed by atoms with Crippen LogP contribution in [0, 0.1) is 11.6 Å². The lowest BCUT2D eigenvalue weighted by molar-refractivity contribution is 0.0695. The summed E-state index contributed by atoms with van der Waals surface area (Å²) in [6.07, 6.45) is 10.5. The first-order valence-corrected chi connectivity index (χ1v) is 36.4. The van der Waals surface area contributed by atoms with Crippen molar-refractivity contribution in [3.05, 3.63) is 153 Å². The molecule has 2 aliphatic rings. The largest absolute Gasteiger partial charge is 0.478 e. The normalized spacial score (nSPS) is 14.4. The molecule has 0 unspecified atom stereocenters. The Kier molecular flexibility index (Phi) is 16.9. The lowest BCUT2D eigenvalue weighted by Gasteiger charge is -2.18. The van der Waals surface area contributed by atoms with Gasteiger partial charge in [0, 0.05) is 81.1 Å². The van der Waals surface area contributed by atoms with E-state index in [4.69, 9.17) is 25.2 Å². The third-order valence-corrected chi connectivity index (χ3v) is 19.3. The number of carboxylic acid groups (broad SMARTS) is 1. The van der Waals surface area contributed by atoms with E-state index < -0.39 is 27.7 Å². The SMILES string of the molecule is Cn1nc(-c2cnc3c(n2)c(C(=O)NC2(c4ccc(Br)cc4)CC2)cn3COCC[Si](C)(C)C)c2ccc(F)cc21.Cn1nc(-c2cnc3c(n2)c(C(=O)O)cn3COCC[Si](C)(C)C)c2ccc(F)cc21.NC1(c2ccc(Br)cc2)CC1. The minimum Gasteiger partial charge on any atom is -0.478 e. The van der Waals surface area contributed by atoms with Gasteiger partial charge < -0.3 is 34.8 Å². The Morgan fingerprint density at radius 1 is 0.651 bits per heavy atom. The summed E-state index contributed by atoms with van der Waals surface area (Å²) < 4.78 is 48.1. The predicted molar refractivity (Wildman–Crippen MR) is 331 cm³/mol. The van der Waals surface area contributed by atoms with Crippen LogP contribution >= 0.6 is 31.9 Å². The molecule has 6 aromatic heterocycles. The van der Waals surface area contributed by atoms with Gasteiger partial charge in [-0.15, -0.1) is 0 Å². The Balaban J connectivity index is 0.000000160. The fourth-order valence-electron chi connectivity index (χ4n) is 9.64. The summed E-state index contributed by atoms with van der Waals surface area (Å²) in [5, 5.41) is 23.5. The van der Waals surface area contributed by atoms with Gasteiger partial charge in [0.05, 0.1) is 34.5 Å². The molecule has 432 valence electrons. The first kappa shape index (κ1) is 59.3. The molecule has 23 heteroatoms. The lowest BCUT2D eigenvalue weighted by Crippen LogP contribution is -2.34. The molecule has 1 amide bonds. The minimum absolute atomic E-state index is 0.0146. The first-order chi connectivity index (χ1) is 39.4. The van der Waals surface area contributed by atoms with Crippen molar-refractivity contribution in [2.75, 3.05) is 13.2 Å². The van der Waals surface area contributed by atoms with Crippen molar-refractivity contribution in [3.63, 3.8) is 0 Å². The maximum atomic E-state index is 13.9. The van der Waals surface area contributed by atoms with Crippen LogP contribution in [-0.2, 0) is 48.1 Å². The number of nitrogens with one attached hydrogen (secondary N) is 1. The zero-order valence-corrected chi connectivity index (χ0v) is 52.8. The molecule has 0 bridgehead atoms. The molecule has 17 nitrogen and oxygen atoms in total. The molecule has 4 N–H and O–H groups in total. The van der Waals surface area contributed by atoms with E-state index in [1.807, 2.05) is 41.0 Å². The number of carbonyl (C=O) groups is 2. The van der Waals surface area contributed by atoms with Gasteiger partial charge in [0.15, 0.2) is 11.3 Å². The number of hydrogen-bond donors (Lipinski definition) is 3. The third-order valence-electron chi connectivity index (χ3n) is 14.9. The van der Waals surface area contributed by atoms with Crippen LogP contribution in [-0.4, -0.2) is 95.0 Å². The molecule has 2 fully saturated rings. The average Bonchev–Trinajstić information content (AvgIpc) is 3.03. The van der Waals surface area contributed by atoms with Crippen LogP contribution in [0.1, 0.15) is 57.5 Å². The maximum absolute atomic E-state index is 13.9. The van der Waals surface area contributed by atoms with E-state index in [1.54, 1.807) is 58.7 Å². The highest BCUT2D eigenvalue weighted by Crippen LogP contribution is 2.46. The molecule has 0 spiro atoms. The van der Waals surface area contributed by atoms with Gasteiger partial charge in [0.2, 0.25) is 0 Å². The number of ether oxygens (including phenoxy) is 2. The quantitative estimate of drug-likeness (QED) is 0.0575. The molecule has 0 saturated heterocycles. The molecule has 0 aliphatic heterocycles. The van der Waals surface area contributed by atoms with Crippen LogP contribution in [0.5, 0.6) is 0 Å². The van der Waals surface area contributed by atoms with Crippen molar-refractivity contribution < 1.29 is 33.0 Å². The summed E-state index contributed by atoms with van der Waals surface area (Å²) in [7, 11) is 1.01. The molecule has 12 rings (SSSR count). The Labute approximate surface area is 497 Å². The van der Waals surface area contributed by atoms with E-state index in [-0.39, 0.29) is 47.6 Å². The maximum Gasteiger partial charge on any atom is 0.339 e. The zero-order chi connectivity index (χ0) is 59.2. The van der Waals surface area contributed by atoms with Gasteiger partial charge >= 0.3 is 5.97 Å². The Morgan fingerprint density at radius 3 is 1.51 bits per heavy atom. The number of halogens is 4. The van der Waals surface area contributed by atoms with Gasteiger partial charge in [-0.3, -0.25) is 14.2 Å². The Morgan fingerprint density at radius 2 is 1.08 bits per heavy atom. The van der Waals surface area contributed by atoms with Crippen LogP contribution in [0.4, 0.5) is 8.78 Å². The standard InChI is InChI=1S/C30H32BrFN6O2Si.C21H24FN5O3Si.C9H10BrN/c1-37-25-15-21(32)9-10-22(25)26(36-37)24-16-33-28-27(34-24)23(17-38(28)18-40-13-14-41(2,3)4)29(39)35-30(11-12-30)19-5-7-20(31)8-6-19;1-26-17-9-13(22)5-6-14(17)18(25-26)16-10-23-20-19(24-16)15(21(28)29)11-27(20)12-30-7-8-31(2,3)4;10-8-3-1-7(2-4-8)9(11)5-6-9/h5-10,15-17H,11-14,18H2,1-4H3,(H,35,39);5-6,9-11H,7-8,12H2,1-4H3,(H,28,29);1-4H,5-6,11H2. The molecule has 83 heavy (non-hydrogen) atoms. The van der Waals surface area contributed by atoms with Crippen LogP contribution in [0.15, 0.2) is 119 Å². The van der Waals surface area contributed by atoms with Crippen molar-refractivity contribution in [2.45, 2.75) is 102 Å². The third kappa shape index (κ3) is 13.6. The second-order valence-electron chi connectivity index (χ2n) is 23.9. The molecule has 2 saturated carbocycles. The van der Waals surface area contributed by atoms with Crippen LogP contribution in [0.2, 0.25) is 51.4 Å². The Bertz CT molecular complexity index is 4050. The van der Waals surface area contributed by atoms with E-state index in [9.17, 15) is 23.5 Å². The molecule has 6 heterocycles. The van der Waals surface area contributed by atoms with Crippen LogP contribution in [0.3, 0.4) is 0 Å². The fourth-order valence-corrected chi connectivity index (χ4v) is 11.7. The summed E-state index contributed by atoms with van der Waals surface area (Å²) in [6.45, 7) is 15.5. The number of amides is 1. The number of nitrogens with zero attached hydrogens (tertiary/aromatic N) is 10. The van der Waals surface area contributed by atoms with Crippen molar-refractivity contribution in [2.24, 2.45) is 19.8 Å². The fraction of sp³-hybridized carbons (Fsp3) is 0.333. The van der Waals surface area contributed by atoms with Gasteiger partial charge in [-0.2, -0.15) is 10.2 Å². The monoisotopic (exact) mass is 1290 g/mol. The van der Waals surface area contributed by atoms with Gasteiger partial charge in [-0.1, -0.05) is 95.4 Å². The topological polar surface area (TPSA) is 208 Å². The molecular weight excluding hydrogens is 1220 g/mol. The molecular formula is C60H66Br2F2N12O5Si2. The van der Waals surface area contributed by atoms with Gasteiger partial charge in [-0.25, -0.2) is 33.5 Å². The molecule has 4 aromatic carbocycles. The molecule has 0 radical (unpaired) electrons. The van der Waals surface area contributed by atoms with E-state index in [0.717, 1.165) is 57.7 Å². The summed E-state index contributed by atoms with van der Waals surface area (Å²) in [4.78, 5) is 44.3. The van der Waals surface area contributed by atoms with Gasteiger partial charge in [0.25, 0.3) is 5.91 Å². The van der Waals surface area contributed by atoms with Crippen molar-refractivity contribution >= 4 is 104 Å². The second kappa shape index (κ2) is 23.7. The number of rotatable bonds is 17. The smallest absolute Gasteiger partial charge is 0.339 e. The summed E-state index contributed by atoms with van der Waals surface area (Å²) in [6, 6.07) is 27.3. The summed E-state index contributed by atoms with van der Waals surface area (Å²) >= 11 is 6.88. The number of hydrogen-bond acceptors (Lipinski definition) is 11. The number of aromatic nitrogens is 10. The molecule has 10 aromatic rings. The van der Waals surface area contributed by atoms with E-state index in [1.165, 1.54) is 36.0 Å². The summed E-state index contributed by atoms with van der Waals surface area (Å²) in [5.41, 5.74) is 13.5. The zero-order valence-electron chi connectivity index (χ0n) is 47.6. The molecule has 0 atom stereocenters. The van der Waals surface area contributed by atoms with E-state index >= 15 is 0 Å². The number of carboxylic acids is 1. The number of benzene rings is 4. The Hall–Kier alpha value is -6.87. The summed E-state index contributed by atoms with van der Waals surface area (Å²) in [5.74, 6) is -2.00. The highest BCUT2D eigenvalue weighted by Gasteiger charge is 2.46. The van der Waals surface area contributed by atoms with Gasteiger partial charge in [-0.05, 0) is 110 Å². The minimum atomic E-state index is -1.25. The highest BCUT2D eigenvalue weighted by molar-refractivity contribution is 9.10.